The molecule has 0 aromatic heterocycles. The van der Waals surface area contributed by atoms with Gasteiger partial charge in [0.25, 0.3) is 0 Å². The van der Waals surface area contributed by atoms with Crippen LogP contribution in [0.2, 0.25) is 0 Å². The van der Waals surface area contributed by atoms with Gasteiger partial charge in [-0.25, -0.2) is 0 Å². The molecular weight excluding hydrogens is 144 g/mol. The van der Waals surface area contributed by atoms with E-state index in [0.29, 0.717) is 10.8 Å². The van der Waals surface area contributed by atoms with Crippen molar-refractivity contribution in [1.82, 2.24) is 0 Å². The molecule has 70 valence electrons. The Morgan fingerprint density at radius 1 is 1.00 bits per heavy atom. The molecule has 3 fully saturated rings. The van der Waals surface area contributed by atoms with E-state index in [1.165, 1.54) is 25.7 Å². The Morgan fingerprint density at radius 3 is 1.83 bits per heavy atom. The Morgan fingerprint density at radius 2 is 1.50 bits per heavy atom. The summed E-state index contributed by atoms with van der Waals surface area (Å²) in [6.45, 7) is 9.96. The first-order valence-electron chi connectivity index (χ1n) is 5.47. The molecule has 0 aromatic carbocycles. The highest BCUT2D eigenvalue weighted by molar-refractivity contribution is 5.03. The Balaban J connectivity index is 2.34. The highest BCUT2D eigenvalue weighted by Crippen LogP contribution is 2.62. The van der Waals surface area contributed by atoms with Gasteiger partial charge in [0.05, 0.1) is 0 Å². The highest BCUT2D eigenvalue weighted by atomic mass is 14.6. The number of fused-ring (bicyclic) bond motifs is 3. The Labute approximate surface area is 76.7 Å². The zero-order valence-corrected chi connectivity index (χ0v) is 8.98. The van der Waals surface area contributed by atoms with Gasteiger partial charge < -0.3 is 0 Å². The van der Waals surface area contributed by atoms with Gasteiger partial charge in [0.15, 0.2) is 0 Å². The molecule has 0 aromatic rings. The van der Waals surface area contributed by atoms with E-state index < -0.39 is 0 Å². The molecule has 0 radical (unpaired) electrons. The van der Waals surface area contributed by atoms with Crippen molar-refractivity contribution in [1.29, 1.82) is 0 Å². The average Bonchev–Trinajstić information content (AvgIpc) is 2.02. The molecule has 1 atom stereocenters. The molecule has 3 aliphatic rings. The fraction of sp³-hybridized carbons (Fsp3) is 1.00. The summed E-state index contributed by atoms with van der Waals surface area (Å²) >= 11 is 0. The minimum atomic E-state index is 0.591. The predicted octanol–water partition coefficient (Wildman–Crippen LogP) is 3.86. The van der Waals surface area contributed by atoms with Crippen molar-refractivity contribution < 1.29 is 0 Å². The molecule has 0 amide bonds. The van der Waals surface area contributed by atoms with Gasteiger partial charge in [0.2, 0.25) is 0 Å². The van der Waals surface area contributed by atoms with Crippen LogP contribution in [0.15, 0.2) is 0 Å². The minimum absolute atomic E-state index is 0.591. The van der Waals surface area contributed by atoms with Crippen LogP contribution in [0.5, 0.6) is 0 Å². The lowest BCUT2D eigenvalue weighted by molar-refractivity contribution is -0.102. The predicted molar refractivity (Wildman–Crippen MR) is 53.0 cm³/mol. The fourth-order valence-electron chi connectivity index (χ4n) is 3.56. The van der Waals surface area contributed by atoms with E-state index in [1.54, 1.807) is 0 Å². The minimum Gasteiger partial charge on any atom is -0.0617 e. The maximum atomic E-state index is 2.51. The lowest BCUT2D eigenvalue weighted by atomic mass is 9.45. The first kappa shape index (κ1) is 8.59. The first-order chi connectivity index (χ1) is 5.47. The third-order valence-corrected chi connectivity index (χ3v) is 5.53. The molecule has 3 rings (SSSR count). The topological polar surface area (TPSA) is 0 Å². The summed E-state index contributed by atoms with van der Waals surface area (Å²) in [5.74, 6) is 1.99. The molecule has 1 unspecified atom stereocenters. The van der Waals surface area contributed by atoms with Gasteiger partial charge in [-0.15, -0.1) is 0 Å². The molecule has 0 heterocycles. The van der Waals surface area contributed by atoms with E-state index in [2.05, 4.69) is 27.7 Å². The molecule has 0 saturated heterocycles. The van der Waals surface area contributed by atoms with Crippen LogP contribution in [0.3, 0.4) is 0 Å². The van der Waals surface area contributed by atoms with E-state index in [-0.39, 0.29) is 0 Å². The van der Waals surface area contributed by atoms with Crippen molar-refractivity contribution in [3.63, 3.8) is 0 Å². The summed E-state index contributed by atoms with van der Waals surface area (Å²) < 4.78 is 0. The second-order valence-electron chi connectivity index (χ2n) is 5.91. The SMILES string of the molecule is CC1C2CCC(C)(CC2)C1(C)C. The van der Waals surface area contributed by atoms with Crippen LogP contribution >= 0.6 is 0 Å². The van der Waals surface area contributed by atoms with Crippen LogP contribution in [0.1, 0.15) is 53.4 Å². The van der Waals surface area contributed by atoms with Gasteiger partial charge in [-0.3, -0.25) is 0 Å². The van der Waals surface area contributed by atoms with Crippen molar-refractivity contribution in [2.24, 2.45) is 22.7 Å². The Bertz CT molecular complexity index is 179. The molecule has 0 N–H and O–H groups in total. The molecule has 3 aliphatic carbocycles. The van der Waals surface area contributed by atoms with E-state index >= 15 is 0 Å². The zero-order chi connectivity index (χ0) is 8.98. The third kappa shape index (κ3) is 0.843. The van der Waals surface area contributed by atoms with Gasteiger partial charge in [0.1, 0.15) is 0 Å². The summed E-state index contributed by atoms with van der Waals surface area (Å²) in [6.07, 6.45) is 5.96. The summed E-state index contributed by atoms with van der Waals surface area (Å²) in [6, 6.07) is 0. The second-order valence-corrected chi connectivity index (χ2v) is 5.91. The van der Waals surface area contributed by atoms with Gasteiger partial charge in [-0.1, -0.05) is 27.7 Å². The van der Waals surface area contributed by atoms with E-state index in [4.69, 9.17) is 0 Å². The monoisotopic (exact) mass is 166 g/mol. The average molecular weight is 166 g/mol. The summed E-state index contributed by atoms with van der Waals surface area (Å²) in [4.78, 5) is 0. The number of hydrogen-bond donors (Lipinski definition) is 0. The fourth-order valence-corrected chi connectivity index (χ4v) is 3.56. The third-order valence-electron chi connectivity index (χ3n) is 5.53. The lowest BCUT2D eigenvalue weighted by Gasteiger charge is -2.60. The van der Waals surface area contributed by atoms with Gasteiger partial charge >= 0.3 is 0 Å². The Hall–Kier alpha value is 0. The molecule has 12 heavy (non-hydrogen) atoms. The van der Waals surface area contributed by atoms with Crippen LogP contribution in [-0.2, 0) is 0 Å². The van der Waals surface area contributed by atoms with Crippen molar-refractivity contribution in [3.8, 4) is 0 Å². The van der Waals surface area contributed by atoms with Crippen molar-refractivity contribution in [2.45, 2.75) is 53.4 Å². The normalized spacial score (nSPS) is 51.0. The Kier molecular flexibility index (Phi) is 1.63. The summed E-state index contributed by atoms with van der Waals surface area (Å²) in [5, 5.41) is 0. The molecule has 0 spiro atoms. The van der Waals surface area contributed by atoms with E-state index in [1.807, 2.05) is 0 Å². The van der Waals surface area contributed by atoms with Crippen molar-refractivity contribution >= 4 is 0 Å². The maximum absolute atomic E-state index is 2.51. The molecule has 0 heteroatoms. The van der Waals surface area contributed by atoms with Gasteiger partial charge in [0, 0.05) is 0 Å². The zero-order valence-electron chi connectivity index (χ0n) is 8.98. The van der Waals surface area contributed by atoms with Crippen LogP contribution < -0.4 is 0 Å². The standard InChI is InChI=1S/C12H22/c1-9-10-5-7-12(4,8-6-10)11(9,2)3/h9-10H,5-8H2,1-4H3. The van der Waals surface area contributed by atoms with Crippen LogP contribution in [-0.4, -0.2) is 0 Å². The second kappa shape index (κ2) is 2.27. The molecule has 0 nitrogen and oxygen atoms in total. The maximum Gasteiger partial charge on any atom is -0.0272 e. The summed E-state index contributed by atoms with van der Waals surface area (Å²) in [7, 11) is 0. The summed E-state index contributed by atoms with van der Waals surface area (Å²) in [5.41, 5.74) is 1.25. The first-order valence-corrected chi connectivity index (χ1v) is 5.47. The largest absolute Gasteiger partial charge is 0.0617 e. The van der Waals surface area contributed by atoms with Crippen molar-refractivity contribution in [2.75, 3.05) is 0 Å². The quantitative estimate of drug-likeness (QED) is 0.512. The number of rotatable bonds is 0. The lowest BCUT2D eigenvalue weighted by Crippen LogP contribution is -2.51. The van der Waals surface area contributed by atoms with Crippen LogP contribution in [0.4, 0.5) is 0 Å². The van der Waals surface area contributed by atoms with Crippen LogP contribution in [0.25, 0.3) is 0 Å². The van der Waals surface area contributed by atoms with Crippen LogP contribution in [0, 0.1) is 22.7 Å². The van der Waals surface area contributed by atoms with Crippen molar-refractivity contribution in [3.05, 3.63) is 0 Å². The molecule has 3 saturated carbocycles. The molecule has 0 aliphatic heterocycles. The van der Waals surface area contributed by atoms with Gasteiger partial charge in [-0.2, -0.15) is 0 Å². The molecule has 2 bridgehead atoms. The highest BCUT2D eigenvalue weighted by Gasteiger charge is 2.53. The van der Waals surface area contributed by atoms with E-state index in [0.717, 1.165) is 11.8 Å². The smallest absolute Gasteiger partial charge is 0.0272 e. The van der Waals surface area contributed by atoms with E-state index in [9.17, 15) is 0 Å². The molecular formula is C12H22. The number of hydrogen-bond acceptors (Lipinski definition) is 0. The van der Waals surface area contributed by atoms with Gasteiger partial charge in [-0.05, 0) is 48.3 Å².